The number of ether oxygens (including phenoxy) is 3. The summed E-state index contributed by atoms with van der Waals surface area (Å²) in [5.41, 5.74) is 2.17. The van der Waals surface area contributed by atoms with Crippen molar-refractivity contribution in [1.29, 1.82) is 0 Å². The molecule has 2 aromatic carbocycles. The number of hydrogen-bond acceptors (Lipinski definition) is 7. The van der Waals surface area contributed by atoms with Gasteiger partial charge < -0.3 is 23.7 Å². The fourth-order valence-electron chi connectivity index (χ4n) is 7.63. The number of anilines is 1. The standard InChI is InChI=1S/C38H48ClN3O6S/c1-37(2,36(44)40-3)48-18-6-8-33(46-4)30-14-11-27(30)22-42-23-38(17-5-7-26-20-28(39)12-15-31(26)38)24-47-34-16-13-29(21-32(34)42)49(45)41-35(43)19-25-9-10-25/h6,8,12-13,15-16,20-21,25,27,30,33H,3,5,7,9-11,14,17-19,22-24H2,1-2,4H3,(H,41,43)/b8-6+/t27-,30+,33-,38-,49?/m0/s1. The largest absolute Gasteiger partial charge is 0.588 e. The molecule has 2 saturated carbocycles. The molecular formula is C38H48ClN3O6S. The molecule has 4 aliphatic rings. The molecule has 3 aliphatic carbocycles. The van der Waals surface area contributed by atoms with Gasteiger partial charge in [0.2, 0.25) is 0 Å². The fraction of sp³-hybridized carbons (Fsp3) is 0.553. The number of rotatable bonds is 13. The van der Waals surface area contributed by atoms with Crippen LogP contribution in [0.25, 0.3) is 0 Å². The van der Waals surface area contributed by atoms with Gasteiger partial charge in [0.05, 0.1) is 25.0 Å². The van der Waals surface area contributed by atoms with Crippen molar-refractivity contribution in [2.45, 2.75) is 87.2 Å². The third kappa shape index (κ3) is 8.20. The first-order valence-electron chi connectivity index (χ1n) is 17.4. The summed E-state index contributed by atoms with van der Waals surface area (Å²) in [6, 6.07) is 11.9. The highest BCUT2D eigenvalue weighted by atomic mass is 35.5. The number of methoxy groups -OCH3 is 1. The highest BCUT2D eigenvalue weighted by Crippen LogP contribution is 2.47. The van der Waals surface area contributed by atoms with Gasteiger partial charge in [-0.25, -0.2) is 4.99 Å². The second-order valence-corrected chi connectivity index (χ2v) is 16.2. The molecule has 6 rings (SSSR count). The number of nitrogens with zero attached hydrogens (tertiary/aromatic N) is 2. The van der Waals surface area contributed by atoms with E-state index in [0.29, 0.717) is 29.8 Å². The molecule has 264 valence electrons. The zero-order chi connectivity index (χ0) is 34.8. The van der Waals surface area contributed by atoms with Gasteiger partial charge in [0.15, 0.2) is 4.90 Å². The summed E-state index contributed by atoms with van der Waals surface area (Å²) in [5, 5.41) is 0.746. The van der Waals surface area contributed by atoms with Crippen LogP contribution < -0.4 is 14.4 Å². The van der Waals surface area contributed by atoms with Crippen LogP contribution in [0.5, 0.6) is 5.75 Å². The van der Waals surface area contributed by atoms with Crippen molar-refractivity contribution in [3.63, 3.8) is 0 Å². The zero-order valence-corrected chi connectivity index (χ0v) is 30.3. The quantitative estimate of drug-likeness (QED) is 0.146. The van der Waals surface area contributed by atoms with E-state index in [-0.39, 0.29) is 30.0 Å². The topological polar surface area (TPSA) is 113 Å². The predicted molar refractivity (Wildman–Crippen MR) is 193 cm³/mol. The maximum absolute atomic E-state index is 13.4. The molecule has 1 spiro atoms. The molecule has 2 amide bonds. The number of carbonyl (C=O) groups is 2. The first kappa shape index (κ1) is 35.9. The van der Waals surface area contributed by atoms with Crippen LogP contribution in [-0.2, 0) is 42.3 Å². The Morgan fingerprint density at radius 3 is 2.78 bits per heavy atom. The van der Waals surface area contributed by atoms with Gasteiger partial charge in [-0.3, -0.25) is 9.59 Å². The number of nitrogens with one attached hydrogen (secondary N) is 1. The molecule has 5 atom stereocenters. The highest BCUT2D eigenvalue weighted by molar-refractivity contribution is 7.90. The SMILES string of the molecule is C=NC(=O)C(C)(C)OC/C=C/[C@H](OC)[C@@H]1CC[C@H]1CN1C[C@@]2(CCCc3cc(Cl)ccc32)COc2ccc([S+]([O-])NC(=O)CC3CC3)cc21. The monoisotopic (exact) mass is 709 g/mol. The second kappa shape index (κ2) is 15.2. The molecule has 2 aromatic rings. The highest BCUT2D eigenvalue weighted by Gasteiger charge is 2.44. The average Bonchev–Trinajstić information content (AvgIpc) is 3.90. The summed E-state index contributed by atoms with van der Waals surface area (Å²) in [6.45, 7) is 9.00. The van der Waals surface area contributed by atoms with E-state index in [2.05, 4.69) is 33.5 Å². The van der Waals surface area contributed by atoms with E-state index >= 15 is 0 Å². The van der Waals surface area contributed by atoms with E-state index in [0.717, 1.165) is 74.5 Å². The van der Waals surface area contributed by atoms with E-state index in [1.54, 1.807) is 27.0 Å². The van der Waals surface area contributed by atoms with Crippen LogP contribution >= 0.6 is 11.6 Å². The molecule has 1 aliphatic heterocycles. The number of fused-ring (bicyclic) bond motifs is 3. The van der Waals surface area contributed by atoms with Gasteiger partial charge in [-0.05, 0) is 119 Å². The molecule has 1 unspecified atom stereocenters. The fourth-order valence-corrected chi connectivity index (χ4v) is 8.64. The Hall–Kier alpha value is -2.89. The average molecular weight is 710 g/mol. The van der Waals surface area contributed by atoms with Crippen LogP contribution in [0, 0.1) is 17.8 Å². The first-order valence-corrected chi connectivity index (χ1v) is 18.9. The lowest BCUT2D eigenvalue weighted by atomic mass is 9.68. The molecule has 49 heavy (non-hydrogen) atoms. The molecular weight excluding hydrogens is 662 g/mol. The van der Waals surface area contributed by atoms with Crippen LogP contribution in [0.15, 0.2) is 58.4 Å². The third-order valence-corrected chi connectivity index (χ3v) is 12.1. The lowest BCUT2D eigenvalue weighted by Crippen LogP contribution is -2.49. The molecule has 1 heterocycles. The van der Waals surface area contributed by atoms with E-state index in [1.165, 1.54) is 11.1 Å². The molecule has 0 saturated heterocycles. The smallest absolute Gasteiger partial charge is 0.276 e. The van der Waals surface area contributed by atoms with Gasteiger partial charge in [-0.1, -0.05) is 29.8 Å². The number of hydrogen-bond donors (Lipinski definition) is 1. The lowest BCUT2D eigenvalue weighted by molar-refractivity contribution is -0.137. The number of aryl methyl sites for hydroxylation is 1. The van der Waals surface area contributed by atoms with Gasteiger partial charge in [0.1, 0.15) is 22.7 Å². The molecule has 9 nitrogen and oxygen atoms in total. The summed E-state index contributed by atoms with van der Waals surface area (Å²) in [5.74, 6) is 1.21. The van der Waals surface area contributed by atoms with Gasteiger partial charge >= 0.3 is 0 Å². The Labute approximate surface area is 298 Å². The zero-order valence-electron chi connectivity index (χ0n) is 28.8. The summed E-state index contributed by atoms with van der Waals surface area (Å²) < 4.78 is 34.5. The van der Waals surface area contributed by atoms with Crippen LogP contribution in [0.3, 0.4) is 0 Å². The van der Waals surface area contributed by atoms with Crippen LogP contribution in [0.2, 0.25) is 5.02 Å². The number of amides is 2. The molecule has 0 radical (unpaired) electrons. The Morgan fingerprint density at radius 1 is 1.24 bits per heavy atom. The van der Waals surface area contributed by atoms with Crippen molar-refractivity contribution >= 4 is 47.2 Å². The van der Waals surface area contributed by atoms with E-state index in [4.69, 9.17) is 25.8 Å². The van der Waals surface area contributed by atoms with E-state index < -0.39 is 22.9 Å². The van der Waals surface area contributed by atoms with Crippen LogP contribution in [0.1, 0.15) is 69.9 Å². The van der Waals surface area contributed by atoms with Crippen molar-refractivity contribution in [3.8, 4) is 5.75 Å². The number of carbonyl (C=O) groups excluding carboxylic acids is 2. The van der Waals surface area contributed by atoms with Crippen molar-refractivity contribution in [2.75, 3.05) is 38.3 Å². The van der Waals surface area contributed by atoms with Crippen molar-refractivity contribution in [2.24, 2.45) is 22.7 Å². The number of halogens is 1. The summed E-state index contributed by atoms with van der Waals surface area (Å²) >= 11 is 4.78. The predicted octanol–water partition coefficient (Wildman–Crippen LogP) is 6.37. The Kier molecular flexibility index (Phi) is 11.1. The first-order chi connectivity index (χ1) is 23.5. The van der Waals surface area contributed by atoms with Crippen molar-refractivity contribution in [3.05, 3.63) is 64.7 Å². The van der Waals surface area contributed by atoms with Crippen molar-refractivity contribution < 1.29 is 28.4 Å². The minimum absolute atomic E-state index is 0.117. The maximum atomic E-state index is 13.4. The Balaban J connectivity index is 1.24. The molecule has 1 N–H and O–H groups in total. The second-order valence-electron chi connectivity index (χ2n) is 14.6. The number of aliphatic imine (C=N–C) groups is 1. The molecule has 0 bridgehead atoms. The van der Waals surface area contributed by atoms with Gasteiger partial charge in [-0.15, -0.1) is 0 Å². The number of benzene rings is 2. The molecule has 0 aromatic heterocycles. The van der Waals surface area contributed by atoms with Gasteiger partial charge in [-0.2, -0.15) is 4.72 Å². The third-order valence-electron chi connectivity index (χ3n) is 10.8. The van der Waals surface area contributed by atoms with Crippen LogP contribution in [0.4, 0.5) is 5.69 Å². The lowest BCUT2D eigenvalue weighted by Gasteiger charge is -2.46. The van der Waals surface area contributed by atoms with E-state index in [1.807, 2.05) is 30.4 Å². The summed E-state index contributed by atoms with van der Waals surface area (Å²) in [4.78, 5) is 31.0. The van der Waals surface area contributed by atoms with Crippen molar-refractivity contribution in [1.82, 2.24) is 4.72 Å². The van der Waals surface area contributed by atoms with Gasteiger partial charge in [0, 0.05) is 43.1 Å². The molecule has 11 heteroatoms. The van der Waals surface area contributed by atoms with Crippen LogP contribution in [-0.4, -0.2) is 68.2 Å². The minimum Gasteiger partial charge on any atom is -0.588 e. The Bertz CT molecular complexity index is 1580. The minimum atomic E-state index is -1.67. The Morgan fingerprint density at radius 2 is 2.06 bits per heavy atom. The summed E-state index contributed by atoms with van der Waals surface area (Å²) in [6.07, 6.45) is 11.5. The van der Waals surface area contributed by atoms with Gasteiger partial charge in [0.25, 0.3) is 11.8 Å². The van der Waals surface area contributed by atoms with E-state index in [9.17, 15) is 14.1 Å². The summed E-state index contributed by atoms with van der Waals surface area (Å²) in [7, 11) is 1.73. The molecule has 2 fully saturated rings. The normalized spacial score (nSPS) is 24.6. The maximum Gasteiger partial charge on any atom is 0.276 e.